The fraction of sp³-hybridized carbons (Fsp3) is 0.900. The minimum Gasteiger partial charge on any atom is -0.331 e. The van der Waals surface area contributed by atoms with Crippen molar-refractivity contribution in [2.75, 3.05) is 19.6 Å². The lowest BCUT2D eigenvalue weighted by atomic mass is 10.1. The highest BCUT2D eigenvalue weighted by Gasteiger charge is 2.43. The van der Waals surface area contributed by atoms with E-state index in [0.29, 0.717) is 6.54 Å². The van der Waals surface area contributed by atoms with Crippen LogP contribution in [-0.4, -0.2) is 36.1 Å². The Morgan fingerprint density at radius 3 is 2.43 bits per heavy atom. The molecule has 0 bridgehead atoms. The van der Waals surface area contributed by atoms with Gasteiger partial charge in [0, 0.05) is 19.6 Å². The molecule has 1 saturated heterocycles. The Hall–Kier alpha value is -0.770. The van der Waals surface area contributed by atoms with E-state index in [1.54, 1.807) is 0 Å². The zero-order valence-electron chi connectivity index (χ0n) is 8.59. The van der Waals surface area contributed by atoms with Crippen LogP contribution in [0.25, 0.3) is 0 Å². The van der Waals surface area contributed by atoms with Gasteiger partial charge < -0.3 is 16.0 Å². The van der Waals surface area contributed by atoms with E-state index in [9.17, 15) is 4.79 Å². The lowest BCUT2D eigenvalue weighted by Crippen LogP contribution is -2.50. The van der Waals surface area contributed by atoms with E-state index in [2.05, 4.69) is 5.32 Å². The van der Waals surface area contributed by atoms with Gasteiger partial charge in [0.05, 0.1) is 5.54 Å². The summed E-state index contributed by atoms with van der Waals surface area (Å²) in [5, 5.41) is 3.05. The maximum Gasteiger partial charge on any atom is 0.317 e. The monoisotopic (exact) mass is 197 g/mol. The first kappa shape index (κ1) is 9.77. The Kier molecular flexibility index (Phi) is 2.63. The van der Waals surface area contributed by atoms with Crippen molar-refractivity contribution in [3.05, 3.63) is 0 Å². The van der Waals surface area contributed by atoms with Gasteiger partial charge in [0.15, 0.2) is 0 Å². The van der Waals surface area contributed by atoms with Crippen LogP contribution in [0.4, 0.5) is 4.79 Å². The third-order valence-corrected chi connectivity index (χ3v) is 3.26. The molecule has 0 unspecified atom stereocenters. The maximum absolute atomic E-state index is 11.8. The SMILES string of the molecule is NCC1(NC(=O)N2CCCCC2)CC1. The van der Waals surface area contributed by atoms with Crippen LogP contribution in [0.15, 0.2) is 0 Å². The lowest BCUT2D eigenvalue weighted by Gasteiger charge is -2.29. The smallest absolute Gasteiger partial charge is 0.317 e. The molecule has 2 aliphatic rings. The normalized spacial score (nSPS) is 24.5. The van der Waals surface area contributed by atoms with E-state index >= 15 is 0 Å². The number of rotatable bonds is 2. The van der Waals surface area contributed by atoms with E-state index in [1.165, 1.54) is 6.42 Å². The Balaban J connectivity index is 1.82. The summed E-state index contributed by atoms with van der Waals surface area (Å²) in [6.45, 7) is 2.39. The molecule has 4 nitrogen and oxygen atoms in total. The minimum atomic E-state index is -0.0471. The third kappa shape index (κ3) is 2.00. The van der Waals surface area contributed by atoms with Crippen LogP contribution in [0.3, 0.4) is 0 Å². The van der Waals surface area contributed by atoms with Crippen molar-refractivity contribution in [2.24, 2.45) is 5.73 Å². The fourth-order valence-corrected chi connectivity index (χ4v) is 1.93. The van der Waals surface area contributed by atoms with Crippen LogP contribution in [0.1, 0.15) is 32.1 Å². The largest absolute Gasteiger partial charge is 0.331 e. The molecule has 1 aliphatic carbocycles. The van der Waals surface area contributed by atoms with E-state index in [4.69, 9.17) is 5.73 Å². The second-order valence-corrected chi connectivity index (χ2v) is 4.46. The first-order valence-corrected chi connectivity index (χ1v) is 5.53. The van der Waals surface area contributed by atoms with Gasteiger partial charge in [-0.1, -0.05) is 0 Å². The van der Waals surface area contributed by atoms with Gasteiger partial charge in [0.25, 0.3) is 0 Å². The molecule has 2 rings (SSSR count). The van der Waals surface area contributed by atoms with Gasteiger partial charge in [-0.15, -0.1) is 0 Å². The number of carbonyl (C=O) groups is 1. The second-order valence-electron chi connectivity index (χ2n) is 4.46. The maximum atomic E-state index is 11.8. The third-order valence-electron chi connectivity index (χ3n) is 3.26. The van der Waals surface area contributed by atoms with Gasteiger partial charge in [-0.05, 0) is 32.1 Å². The number of carbonyl (C=O) groups excluding carboxylic acids is 1. The van der Waals surface area contributed by atoms with E-state index in [0.717, 1.165) is 38.8 Å². The number of hydrogen-bond acceptors (Lipinski definition) is 2. The summed E-state index contributed by atoms with van der Waals surface area (Å²) in [7, 11) is 0. The van der Waals surface area contributed by atoms with Gasteiger partial charge in [0.2, 0.25) is 0 Å². The Morgan fingerprint density at radius 1 is 1.29 bits per heavy atom. The highest BCUT2D eigenvalue weighted by molar-refractivity contribution is 5.75. The highest BCUT2D eigenvalue weighted by Crippen LogP contribution is 2.34. The van der Waals surface area contributed by atoms with Gasteiger partial charge in [-0.2, -0.15) is 0 Å². The number of nitrogens with two attached hydrogens (primary N) is 1. The predicted molar refractivity (Wildman–Crippen MR) is 55.0 cm³/mol. The molecule has 3 N–H and O–H groups in total. The molecule has 1 aliphatic heterocycles. The van der Waals surface area contributed by atoms with E-state index < -0.39 is 0 Å². The average molecular weight is 197 g/mol. The van der Waals surface area contributed by atoms with E-state index in [-0.39, 0.29) is 11.6 Å². The molecule has 0 atom stereocenters. The van der Waals surface area contributed by atoms with Crippen molar-refractivity contribution in [1.29, 1.82) is 0 Å². The number of hydrogen-bond donors (Lipinski definition) is 2. The number of amides is 2. The van der Waals surface area contributed by atoms with Gasteiger partial charge in [-0.3, -0.25) is 0 Å². The van der Waals surface area contributed by atoms with E-state index in [1.807, 2.05) is 4.90 Å². The van der Waals surface area contributed by atoms with Crippen LogP contribution in [0.5, 0.6) is 0 Å². The number of nitrogens with zero attached hydrogens (tertiary/aromatic N) is 1. The van der Waals surface area contributed by atoms with Crippen LogP contribution >= 0.6 is 0 Å². The Morgan fingerprint density at radius 2 is 1.93 bits per heavy atom. The summed E-state index contributed by atoms with van der Waals surface area (Å²) in [5.41, 5.74) is 5.57. The summed E-state index contributed by atoms with van der Waals surface area (Å²) >= 11 is 0. The molecule has 1 heterocycles. The summed E-state index contributed by atoms with van der Waals surface area (Å²) in [6, 6.07) is 0.0904. The molecule has 0 spiro atoms. The zero-order valence-corrected chi connectivity index (χ0v) is 8.59. The standard InChI is InChI=1S/C10H19N3O/c11-8-10(4-5-10)12-9(14)13-6-2-1-3-7-13/h1-8,11H2,(H,12,14). The lowest BCUT2D eigenvalue weighted by molar-refractivity contribution is 0.181. The minimum absolute atomic E-state index is 0.0471. The molecule has 2 fully saturated rings. The molecular formula is C10H19N3O. The topological polar surface area (TPSA) is 58.4 Å². The molecule has 80 valence electrons. The summed E-state index contributed by atoms with van der Waals surface area (Å²) in [5.74, 6) is 0. The summed E-state index contributed by atoms with van der Waals surface area (Å²) < 4.78 is 0. The zero-order chi connectivity index (χ0) is 10.0. The summed E-state index contributed by atoms with van der Waals surface area (Å²) in [4.78, 5) is 13.7. The predicted octanol–water partition coefficient (Wildman–Crippen LogP) is 0.673. The molecule has 14 heavy (non-hydrogen) atoms. The van der Waals surface area contributed by atoms with Crippen molar-refractivity contribution in [1.82, 2.24) is 10.2 Å². The van der Waals surface area contributed by atoms with Crippen LogP contribution in [-0.2, 0) is 0 Å². The number of piperidine rings is 1. The van der Waals surface area contributed by atoms with Crippen molar-refractivity contribution in [3.63, 3.8) is 0 Å². The van der Waals surface area contributed by atoms with Crippen LogP contribution in [0.2, 0.25) is 0 Å². The average Bonchev–Trinajstić information content (AvgIpc) is 3.00. The molecule has 1 saturated carbocycles. The number of urea groups is 1. The van der Waals surface area contributed by atoms with Gasteiger partial charge in [-0.25, -0.2) is 4.79 Å². The first-order chi connectivity index (χ1) is 6.76. The van der Waals surface area contributed by atoms with Crippen LogP contribution in [0, 0.1) is 0 Å². The van der Waals surface area contributed by atoms with Crippen molar-refractivity contribution in [3.8, 4) is 0 Å². The van der Waals surface area contributed by atoms with Crippen molar-refractivity contribution < 1.29 is 4.79 Å². The van der Waals surface area contributed by atoms with Crippen molar-refractivity contribution >= 4 is 6.03 Å². The second kappa shape index (κ2) is 3.77. The summed E-state index contributed by atoms with van der Waals surface area (Å²) in [6.07, 6.45) is 5.63. The number of nitrogens with one attached hydrogen (secondary N) is 1. The molecule has 0 aromatic rings. The quantitative estimate of drug-likeness (QED) is 0.683. The Labute approximate surface area is 84.8 Å². The van der Waals surface area contributed by atoms with Gasteiger partial charge >= 0.3 is 6.03 Å². The number of likely N-dealkylation sites (tertiary alicyclic amines) is 1. The highest BCUT2D eigenvalue weighted by atomic mass is 16.2. The fourth-order valence-electron chi connectivity index (χ4n) is 1.93. The Bertz CT molecular complexity index is 219. The first-order valence-electron chi connectivity index (χ1n) is 5.53. The molecule has 0 radical (unpaired) electrons. The molecule has 0 aromatic carbocycles. The van der Waals surface area contributed by atoms with Crippen molar-refractivity contribution in [2.45, 2.75) is 37.6 Å². The molecule has 4 heteroatoms. The molecule has 0 aromatic heterocycles. The van der Waals surface area contributed by atoms with Crippen LogP contribution < -0.4 is 11.1 Å². The molecular weight excluding hydrogens is 178 g/mol. The molecule has 2 amide bonds. The van der Waals surface area contributed by atoms with Gasteiger partial charge in [0.1, 0.15) is 0 Å².